The standard InChI is InChI=1S/C25H25BrN2O5S/c1-17-7-10-23(33-3)24(13-17)34(30,31)28(20-5-4-6-21(15-20)32-2)16-25(29)27-12-11-18-14-19(26)8-9-22(18)27/h4-10,13-15H,11-12,16H2,1-3H3. The maximum Gasteiger partial charge on any atom is 0.268 e. The fraction of sp³-hybridized carbons (Fsp3) is 0.240. The van der Waals surface area contributed by atoms with Crippen molar-refractivity contribution in [3.8, 4) is 11.5 Å². The van der Waals surface area contributed by atoms with Crippen LogP contribution in [0.4, 0.5) is 11.4 Å². The molecular formula is C25H25BrN2O5S. The molecule has 34 heavy (non-hydrogen) atoms. The third-order valence-corrected chi connectivity index (χ3v) is 8.03. The van der Waals surface area contributed by atoms with Crippen molar-refractivity contribution in [3.63, 3.8) is 0 Å². The zero-order valence-corrected chi connectivity index (χ0v) is 21.5. The number of methoxy groups -OCH3 is 2. The van der Waals surface area contributed by atoms with Gasteiger partial charge in [0.2, 0.25) is 5.91 Å². The number of hydrogen-bond donors (Lipinski definition) is 0. The van der Waals surface area contributed by atoms with Crippen LogP contribution in [0.2, 0.25) is 0 Å². The smallest absolute Gasteiger partial charge is 0.268 e. The van der Waals surface area contributed by atoms with Gasteiger partial charge in [0.1, 0.15) is 22.9 Å². The molecule has 0 saturated heterocycles. The van der Waals surface area contributed by atoms with Crippen molar-refractivity contribution in [2.24, 2.45) is 0 Å². The number of anilines is 2. The SMILES string of the molecule is COc1cccc(N(CC(=O)N2CCc3cc(Br)ccc32)S(=O)(=O)c2cc(C)ccc2OC)c1. The van der Waals surface area contributed by atoms with Gasteiger partial charge >= 0.3 is 0 Å². The van der Waals surface area contributed by atoms with Crippen LogP contribution < -0.4 is 18.7 Å². The van der Waals surface area contributed by atoms with E-state index >= 15 is 0 Å². The Hall–Kier alpha value is -3.04. The first kappa shape index (κ1) is 24.1. The second-order valence-corrected chi connectivity index (χ2v) is 10.7. The monoisotopic (exact) mass is 544 g/mol. The molecule has 3 aromatic rings. The second-order valence-electron chi connectivity index (χ2n) is 7.94. The van der Waals surface area contributed by atoms with Gasteiger partial charge in [0.05, 0.1) is 19.9 Å². The summed E-state index contributed by atoms with van der Waals surface area (Å²) in [7, 11) is -1.23. The molecule has 178 valence electrons. The van der Waals surface area contributed by atoms with Crippen LogP contribution >= 0.6 is 15.9 Å². The predicted octanol–water partition coefficient (Wildman–Crippen LogP) is 4.56. The number of benzene rings is 3. The molecule has 0 atom stereocenters. The fourth-order valence-electron chi connectivity index (χ4n) is 4.02. The number of nitrogens with zero attached hydrogens (tertiary/aromatic N) is 2. The number of fused-ring (bicyclic) bond motifs is 1. The van der Waals surface area contributed by atoms with Crippen LogP contribution in [-0.2, 0) is 21.2 Å². The van der Waals surface area contributed by atoms with Gasteiger partial charge in [-0.2, -0.15) is 0 Å². The van der Waals surface area contributed by atoms with E-state index in [1.54, 1.807) is 54.3 Å². The van der Waals surface area contributed by atoms with E-state index in [-0.39, 0.29) is 23.1 Å². The molecule has 0 N–H and O–H groups in total. The summed E-state index contributed by atoms with van der Waals surface area (Å²) >= 11 is 3.46. The van der Waals surface area contributed by atoms with Gasteiger partial charge in [-0.15, -0.1) is 0 Å². The highest BCUT2D eigenvalue weighted by Gasteiger charge is 2.33. The van der Waals surface area contributed by atoms with Gasteiger partial charge in [-0.25, -0.2) is 8.42 Å². The Morgan fingerprint density at radius 2 is 1.85 bits per heavy atom. The van der Waals surface area contributed by atoms with Crippen molar-refractivity contribution in [2.75, 3.05) is 36.5 Å². The summed E-state index contributed by atoms with van der Waals surface area (Å²) in [6, 6.07) is 17.3. The molecule has 4 rings (SSSR count). The van der Waals surface area contributed by atoms with Gasteiger partial charge in [0.15, 0.2) is 0 Å². The zero-order chi connectivity index (χ0) is 24.5. The topological polar surface area (TPSA) is 76.2 Å². The number of halogens is 1. The Bertz CT molecular complexity index is 1340. The number of carbonyl (C=O) groups excluding carboxylic acids is 1. The Morgan fingerprint density at radius 1 is 1.06 bits per heavy atom. The molecule has 1 aliphatic heterocycles. The van der Waals surface area contributed by atoms with Crippen LogP contribution in [0.25, 0.3) is 0 Å². The average molecular weight is 545 g/mol. The van der Waals surface area contributed by atoms with E-state index in [4.69, 9.17) is 9.47 Å². The van der Waals surface area contributed by atoms with Crippen molar-refractivity contribution in [1.29, 1.82) is 0 Å². The number of sulfonamides is 1. The molecule has 9 heteroatoms. The van der Waals surface area contributed by atoms with Gasteiger partial charge in [-0.1, -0.05) is 28.1 Å². The molecule has 0 saturated carbocycles. The Kier molecular flexibility index (Phi) is 6.86. The van der Waals surface area contributed by atoms with Gasteiger partial charge < -0.3 is 14.4 Å². The van der Waals surface area contributed by atoms with Crippen LogP contribution in [-0.4, -0.2) is 41.6 Å². The van der Waals surface area contributed by atoms with E-state index in [9.17, 15) is 13.2 Å². The normalized spacial score (nSPS) is 12.9. The van der Waals surface area contributed by atoms with Crippen LogP contribution in [0.5, 0.6) is 11.5 Å². The maximum atomic E-state index is 13.9. The van der Waals surface area contributed by atoms with Crippen LogP contribution in [0.1, 0.15) is 11.1 Å². The maximum absolute atomic E-state index is 13.9. The van der Waals surface area contributed by atoms with Crippen molar-refractivity contribution in [1.82, 2.24) is 0 Å². The van der Waals surface area contributed by atoms with Crippen molar-refractivity contribution < 1.29 is 22.7 Å². The third kappa shape index (κ3) is 4.63. The number of rotatable bonds is 7. The van der Waals surface area contributed by atoms with Crippen LogP contribution in [0.3, 0.4) is 0 Å². The van der Waals surface area contributed by atoms with E-state index in [1.807, 2.05) is 18.2 Å². The first-order chi connectivity index (χ1) is 16.2. The summed E-state index contributed by atoms with van der Waals surface area (Å²) in [5.41, 5.74) is 2.92. The lowest BCUT2D eigenvalue weighted by molar-refractivity contribution is -0.117. The number of ether oxygens (including phenoxy) is 2. The van der Waals surface area contributed by atoms with Crippen molar-refractivity contribution in [2.45, 2.75) is 18.2 Å². The molecule has 0 radical (unpaired) electrons. The molecular weight excluding hydrogens is 520 g/mol. The zero-order valence-electron chi connectivity index (χ0n) is 19.1. The molecule has 1 amide bonds. The number of amides is 1. The van der Waals surface area contributed by atoms with Gasteiger partial charge in [0, 0.05) is 22.8 Å². The highest BCUT2D eigenvalue weighted by Crippen LogP contribution is 2.34. The molecule has 1 aliphatic rings. The highest BCUT2D eigenvalue weighted by atomic mass is 79.9. The summed E-state index contributed by atoms with van der Waals surface area (Å²) in [5.74, 6) is 0.374. The van der Waals surface area contributed by atoms with Gasteiger partial charge in [-0.3, -0.25) is 9.10 Å². The lowest BCUT2D eigenvalue weighted by Gasteiger charge is -2.27. The Balaban J connectivity index is 1.77. The summed E-state index contributed by atoms with van der Waals surface area (Å²) < 4.78 is 40.6. The van der Waals surface area contributed by atoms with Gasteiger partial charge in [-0.05, 0) is 66.9 Å². The van der Waals surface area contributed by atoms with E-state index in [0.29, 0.717) is 24.4 Å². The van der Waals surface area contributed by atoms with Crippen molar-refractivity contribution in [3.05, 3.63) is 76.3 Å². The van der Waals surface area contributed by atoms with Gasteiger partial charge in [0.25, 0.3) is 10.0 Å². The quantitative estimate of drug-likeness (QED) is 0.435. The summed E-state index contributed by atoms with van der Waals surface area (Å²) in [4.78, 5) is 15.1. The molecule has 0 bridgehead atoms. The van der Waals surface area contributed by atoms with Crippen LogP contribution in [0.15, 0.2) is 70.0 Å². The predicted molar refractivity (Wildman–Crippen MR) is 135 cm³/mol. The fourth-order valence-corrected chi connectivity index (χ4v) is 6.08. The number of hydrogen-bond acceptors (Lipinski definition) is 5. The minimum Gasteiger partial charge on any atom is -0.497 e. The third-order valence-electron chi connectivity index (χ3n) is 5.75. The summed E-state index contributed by atoms with van der Waals surface area (Å²) in [6.45, 7) is 1.92. The molecule has 3 aromatic carbocycles. The lowest BCUT2D eigenvalue weighted by Crippen LogP contribution is -2.42. The average Bonchev–Trinajstić information content (AvgIpc) is 3.25. The molecule has 0 aromatic heterocycles. The van der Waals surface area contributed by atoms with E-state index in [2.05, 4.69) is 15.9 Å². The van der Waals surface area contributed by atoms with E-state index in [1.165, 1.54) is 14.2 Å². The van der Waals surface area contributed by atoms with Crippen molar-refractivity contribution >= 4 is 43.2 Å². The lowest BCUT2D eigenvalue weighted by atomic mass is 10.2. The Morgan fingerprint density at radius 3 is 2.59 bits per heavy atom. The molecule has 7 nitrogen and oxygen atoms in total. The van der Waals surface area contributed by atoms with E-state index in [0.717, 1.165) is 25.6 Å². The largest absolute Gasteiger partial charge is 0.497 e. The molecule has 0 aliphatic carbocycles. The first-order valence-electron chi connectivity index (χ1n) is 10.6. The molecule has 1 heterocycles. The summed E-state index contributed by atoms with van der Waals surface area (Å²) in [5, 5.41) is 0. The molecule has 0 unspecified atom stereocenters. The number of aryl methyl sites for hydroxylation is 1. The first-order valence-corrected chi connectivity index (χ1v) is 12.9. The molecule has 0 spiro atoms. The Labute approximate surface area is 208 Å². The minimum atomic E-state index is -4.16. The minimum absolute atomic E-state index is 0.00336. The number of carbonyl (C=O) groups is 1. The van der Waals surface area contributed by atoms with Crippen LogP contribution in [0, 0.1) is 6.92 Å². The highest BCUT2D eigenvalue weighted by molar-refractivity contribution is 9.10. The molecule has 0 fully saturated rings. The van der Waals surface area contributed by atoms with E-state index < -0.39 is 10.0 Å². The summed E-state index contributed by atoms with van der Waals surface area (Å²) in [6.07, 6.45) is 0.706. The second kappa shape index (κ2) is 9.68.